The Morgan fingerprint density at radius 1 is 0.767 bits per heavy atom. The van der Waals surface area contributed by atoms with Crippen molar-refractivity contribution in [1.29, 1.82) is 0 Å². The van der Waals surface area contributed by atoms with E-state index in [4.69, 9.17) is 0 Å². The first kappa shape index (κ1) is 29.1. The summed E-state index contributed by atoms with van der Waals surface area (Å²) in [6, 6.07) is 35.9. The van der Waals surface area contributed by atoms with Crippen LogP contribution in [0.15, 0.2) is 72.9 Å². The van der Waals surface area contributed by atoms with Gasteiger partial charge in [0, 0.05) is 47.2 Å². The van der Waals surface area contributed by atoms with Gasteiger partial charge in [0.1, 0.15) is 12.7 Å². The Morgan fingerprint density at radius 2 is 1.53 bits per heavy atom. The van der Waals surface area contributed by atoms with Gasteiger partial charge in [-0.3, -0.25) is 23.3 Å². The Balaban J connectivity index is 0.00000210. The molecule has 4 heteroatoms. The van der Waals surface area contributed by atoms with Gasteiger partial charge in [0.2, 0.25) is 0 Å². The van der Waals surface area contributed by atoms with Gasteiger partial charge in [0.25, 0.3) is 0 Å². The minimum Gasteiger partial charge on any atom is -0.367 e. The van der Waals surface area contributed by atoms with E-state index < -0.39 is 0 Å². The second kappa shape index (κ2) is 13.5. The number of rotatable bonds is 3. The maximum atomic E-state index is 3.57. The SMILES string of the molecule is Cc1ccc(-c2[c-]ccc(-c3[c-]cccc3)[c-]2)[c-]c1-c1cccc[n+]1C.[B].[CH3-].[Y+3].[Y]. The third-order valence-corrected chi connectivity index (χ3v) is 4.47. The minimum atomic E-state index is 0. The predicted molar refractivity (Wildman–Crippen MR) is 116 cm³/mol. The molecule has 0 unspecified atom stereocenters. The van der Waals surface area contributed by atoms with E-state index in [-0.39, 0.29) is 81.3 Å². The Morgan fingerprint density at radius 3 is 2.23 bits per heavy atom. The van der Waals surface area contributed by atoms with Gasteiger partial charge in [-0.25, -0.2) is 16.7 Å². The monoisotopic (exact) mass is 536 g/mol. The van der Waals surface area contributed by atoms with Crippen LogP contribution in [0.5, 0.6) is 0 Å². The van der Waals surface area contributed by atoms with Gasteiger partial charge >= 0.3 is 32.7 Å². The summed E-state index contributed by atoms with van der Waals surface area (Å²) < 4.78 is 2.12. The van der Waals surface area contributed by atoms with Crippen LogP contribution in [0.1, 0.15) is 5.56 Å². The molecule has 0 fully saturated rings. The number of nitrogens with zero attached hydrogens (tertiary/aromatic N) is 1. The quantitative estimate of drug-likeness (QED) is 0.196. The Bertz CT molecular complexity index is 1070. The molecule has 4 aromatic rings. The molecule has 0 spiro atoms. The molecule has 0 bridgehead atoms. The predicted octanol–water partition coefficient (Wildman–Crippen LogP) is 5.09. The Labute approximate surface area is 233 Å². The molecule has 0 saturated heterocycles. The molecule has 0 aliphatic rings. The van der Waals surface area contributed by atoms with E-state index in [1.165, 1.54) is 5.56 Å². The zero-order chi connectivity index (χ0) is 17.9. The maximum absolute atomic E-state index is 3.57. The van der Waals surface area contributed by atoms with Gasteiger partial charge in [0.05, 0.1) is 0 Å². The van der Waals surface area contributed by atoms with Gasteiger partial charge in [-0.05, 0) is 6.07 Å². The van der Waals surface area contributed by atoms with Gasteiger partial charge in [-0.2, -0.15) is 5.56 Å². The van der Waals surface area contributed by atoms with Crippen LogP contribution in [0.2, 0.25) is 0 Å². The number of benzene rings is 3. The summed E-state index contributed by atoms with van der Waals surface area (Å²) in [6.07, 6.45) is 2.05. The molecule has 1 nitrogen and oxygen atoms in total. The van der Waals surface area contributed by atoms with E-state index in [1.807, 2.05) is 42.5 Å². The first-order chi connectivity index (χ1) is 12.7. The molecule has 140 valence electrons. The maximum Gasteiger partial charge on any atom is 3.00 e. The molecule has 0 amide bonds. The molecular formula is C26H21BNY2-. The second-order valence-corrected chi connectivity index (χ2v) is 6.29. The Kier molecular flexibility index (Phi) is 13.1. The van der Waals surface area contributed by atoms with Crippen LogP contribution in [0.4, 0.5) is 0 Å². The molecular weight excluding hydrogens is 515 g/mol. The summed E-state index contributed by atoms with van der Waals surface area (Å²) in [5.41, 5.74) is 7.39. The topological polar surface area (TPSA) is 3.88 Å². The third kappa shape index (κ3) is 6.54. The van der Waals surface area contributed by atoms with Crippen LogP contribution >= 0.6 is 0 Å². The summed E-state index contributed by atoms with van der Waals surface area (Å²) in [6.45, 7) is 2.12. The van der Waals surface area contributed by atoms with E-state index in [0.29, 0.717) is 0 Å². The molecule has 0 aliphatic carbocycles. The number of pyridine rings is 1. The third-order valence-electron chi connectivity index (χ3n) is 4.47. The average molecular weight is 536 g/mol. The molecule has 30 heavy (non-hydrogen) atoms. The summed E-state index contributed by atoms with van der Waals surface area (Å²) in [4.78, 5) is 0. The molecule has 0 saturated carbocycles. The largest absolute Gasteiger partial charge is 3.00 e. The number of aryl methyl sites for hydroxylation is 2. The van der Waals surface area contributed by atoms with Crippen LogP contribution in [-0.2, 0) is 72.5 Å². The van der Waals surface area contributed by atoms with Gasteiger partial charge in [0.15, 0.2) is 6.20 Å². The van der Waals surface area contributed by atoms with Crippen LogP contribution < -0.4 is 4.57 Å². The van der Waals surface area contributed by atoms with Crippen LogP contribution in [0.25, 0.3) is 33.5 Å². The fourth-order valence-corrected chi connectivity index (χ4v) is 3.05. The average Bonchev–Trinajstić information content (AvgIpc) is 2.70. The van der Waals surface area contributed by atoms with Crippen molar-refractivity contribution in [2.45, 2.75) is 6.92 Å². The fraction of sp³-hybridized carbons (Fsp3) is 0.0769. The molecule has 4 rings (SSSR count). The van der Waals surface area contributed by atoms with E-state index in [2.05, 4.69) is 73.3 Å². The zero-order valence-corrected chi connectivity index (χ0v) is 23.3. The van der Waals surface area contributed by atoms with Crippen LogP contribution in [-0.4, -0.2) is 8.41 Å². The van der Waals surface area contributed by atoms with Crippen molar-refractivity contribution in [3.63, 3.8) is 0 Å². The van der Waals surface area contributed by atoms with Crippen molar-refractivity contribution in [2.75, 3.05) is 0 Å². The summed E-state index contributed by atoms with van der Waals surface area (Å²) >= 11 is 0. The van der Waals surface area contributed by atoms with Crippen molar-refractivity contribution >= 4 is 8.41 Å². The van der Waals surface area contributed by atoms with Gasteiger partial charge < -0.3 is 25.1 Å². The number of hydrogen-bond acceptors (Lipinski definition) is 0. The first-order valence-electron chi connectivity index (χ1n) is 8.62. The summed E-state index contributed by atoms with van der Waals surface area (Å²) in [5.74, 6) is 0. The van der Waals surface area contributed by atoms with E-state index in [9.17, 15) is 0 Å². The van der Waals surface area contributed by atoms with Crippen molar-refractivity contribution < 1.29 is 70.0 Å². The standard InChI is InChI=1S/C25H18N.CH3.B.2Y/c1-19-14-15-23(18-24(19)25-13-6-7-16-26(25)2)22-12-8-11-21(17-22)20-9-4-3-5-10-20;;;;/h3-9,11,13-16H,1-2H3;1H3;;;/q-3;-1;;;+3. The molecule has 0 aliphatic heterocycles. The number of aromatic nitrogens is 1. The molecule has 3 aromatic carbocycles. The van der Waals surface area contributed by atoms with Crippen LogP contribution in [0, 0.1) is 38.6 Å². The van der Waals surface area contributed by atoms with Crippen molar-refractivity contribution in [2.24, 2.45) is 7.05 Å². The minimum absolute atomic E-state index is 0. The van der Waals surface area contributed by atoms with Gasteiger partial charge in [-0.15, -0.1) is 42.0 Å². The van der Waals surface area contributed by atoms with Gasteiger partial charge in [-0.1, -0.05) is 18.6 Å². The number of hydrogen-bond donors (Lipinski definition) is 0. The molecule has 1 heterocycles. The van der Waals surface area contributed by atoms with E-state index in [0.717, 1.165) is 33.5 Å². The normalized spacial score (nSPS) is 9.27. The molecule has 1 aromatic heterocycles. The van der Waals surface area contributed by atoms with Crippen molar-refractivity contribution in [3.05, 3.63) is 110 Å². The molecule has 0 atom stereocenters. The van der Waals surface area contributed by atoms with Crippen molar-refractivity contribution in [3.8, 4) is 33.5 Å². The Hall–Kier alpha value is -0.917. The second-order valence-electron chi connectivity index (χ2n) is 6.29. The zero-order valence-electron chi connectivity index (χ0n) is 17.6. The summed E-state index contributed by atoms with van der Waals surface area (Å²) in [7, 11) is 2.05. The van der Waals surface area contributed by atoms with Crippen LogP contribution in [0.3, 0.4) is 0 Å². The van der Waals surface area contributed by atoms with E-state index >= 15 is 0 Å². The molecule has 4 radical (unpaired) electrons. The van der Waals surface area contributed by atoms with Crippen molar-refractivity contribution in [1.82, 2.24) is 0 Å². The molecule has 0 N–H and O–H groups in total. The first-order valence-corrected chi connectivity index (χ1v) is 8.62. The smallest absolute Gasteiger partial charge is 0.367 e. The summed E-state index contributed by atoms with van der Waals surface area (Å²) in [5, 5.41) is 0. The van der Waals surface area contributed by atoms with E-state index in [1.54, 1.807) is 0 Å². The fourth-order valence-electron chi connectivity index (χ4n) is 3.05.